The molecule has 2 N–H and O–H groups in total. The van der Waals surface area contributed by atoms with Crippen molar-refractivity contribution in [3.05, 3.63) is 16.7 Å². The van der Waals surface area contributed by atoms with Crippen LogP contribution in [0.25, 0.3) is 11.2 Å². The van der Waals surface area contributed by atoms with Gasteiger partial charge in [0.1, 0.15) is 5.52 Å². The molecule has 0 radical (unpaired) electrons. The molecule has 0 aromatic carbocycles. The molecule has 2 aliphatic rings. The Labute approximate surface area is 159 Å². The predicted octanol–water partition coefficient (Wildman–Crippen LogP) is 0.325. The summed E-state index contributed by atoms with van der Waals surface area (Å²) in [4.78, 5) is 44.3. The summed E-state index contributed by atoms with van der Waals surface area (Å²) in [6.45, 7) is 3.04. The van der Waals surface area contributed by atoms with Gasteiger partial charge in [-0.25, -0.2) is 14.3 Å². The molecule has 0 unspecified atom stereocenters. The van der Waals surface area contributed by atoms with Crippen LogP contribution in [-0.4, -0.2) is 43.4 Å². The largest absolute Gasteiger partial charge is 0.457 e. The molecule has 4 rings (SSSR count). The van der Waals surface area contributed by atoms with Gasteiger partial charge in [-0.05, 0) is 18.8 Å². The average molecular weight is 391 g/mol. The number of anilines is 1. The number of rotatable bonds is 5. The standard InChI is InChI=1S/C17H21N5O6/c1-8(23)26-12-5-13(27-9(2)24)28-15(12)22-14-11(6-19-16(18)20-14)21(17(22)25)7-10-3-4-10/h6,10,12-13,15H,3-5,7H2,1-2H3,(H2,18,19,20)/t12-,13-,15-/m1/s1. The van der Waals surface area contributed by atoms with E-state index < -0.39 is 30.6 Å². The topological polar surface area (TPSA) is 141 Å². The number of imidazole rings is 1. The molecular formula is C17H21N5O6. The van der Waals surface area contributed by atoms with Gasteiger partial charge in [-0.1, -0.05) is 0 Å². The zero-order valence-electron chi connectivity index (χ0n) is 15.5. The molecular weight excluding hydrogens is 370 g/mol. The maximum atomic E-state index is 13.2. The van der Waals surface area contributed by atoms with Gasteiger partial charge in [-0.3, -0.25) is 14.2 Å². The lowest BCUT2D eigenvalue weighted by Gasteiger charge is -2.18. The Morgan fingerprint density at radius 2 is 2.00 bits per heavy atom. The number of esters is 2. The first-order chi connectivity index (χ1) is 13.3. The third kappa shape index (κ3) is 3.44. The van der Waals surface area contributed by atoms with Crippen molar-refractivity contribution in [3.63, 3.8) is 0 Å². The second-order valence-electron chi connectivity index (χ2n) is 7.09. The first kappa shape index (κ1) is 18.4. The van der Waals surface area contributed by atoms with Crippen molar-refractivity contribution < 1.29 is 23.8 Å². The van der Waals surface area contributed by atoms with Gasteiger partial charge in [0.2, 0.25) is 12.2 Å². The van der Waals surface area contributed by atoms with Gasteiger partial charge < -0.3 is 19.9 Å². The molecule has 2 aromatic rings. The van der Waals surface area contributed by atoms with Gasteiger partial charge in [0.15, 0.2) is 18.0 Å². The summed E-state index contributed by atoms with van der Waals surface area (Å²) in [6.07, 6.45) is 0.941. The molecule has 1 aliphatic heterocycles. The lowest BCUT2D eigenvalue weighted by atomic mass is 10.2. The van der Waals surface area contributed by atoms with Crippen molar-refractivity contribution in [3.8, 4) is 0 Å². The molecule has 2 fully saturated rings. The fourth-order valence-electron chi connectivity index (χ4n) is 3.45. The lowest BCUT2D eigenvalue weighted by Crippen LogP contribution is -2.34. The van der Waals surface area contributed by atoms with Crippen LogP contribution >= 0.6 is 0 Å². The van der Waals surface area contributed by atoms with Gasteiger partial charge in [-0.2, -0.15) is 4.98 Å². The summed E-state index contributed by atoms with van der Waals surface area (Å²) >= 11 is 0. The second kappa shape index (κ2) is 6.89. The molecule has 3 heterocycles. The van der Waals surface area contributed by atoms with Crippen LogP contribution in [0.3, 0.4) is 0 Å². The summed E-state index contributed by atoms with van der Waals surface area (Å²) in [5.74, 6) is -0.645. The number of nitrogens with zero attached hydrogens (tertiary/aromatic N) is 4. The highest BCUT2D eigenvalue weighted by Crippen LogP contribution is 2.35. The first-order valence-electron chi connectivity index (χ1n) is 9.06. The van der Waals surface area contributed by atoms with E-state index in [-0.39, 0.29) is 23.7 Å². The van der Waals surface area contributed by atoms with Crippen LogP contribution in [0.2, 0.25) is 0 Å². The molecule has 0 spiro atoms. The minimum atomic E-state index is -1.00. The highest BCUT2D eigenvalue weighted by Gasteiger charge is 2.43. The molecule has 150 valence electrons. The Hall–Kier alpha value is -2.95. The minimum Gasteiger partial charge on any atom is -0.457 e. The normalized spacial score (nSPS) is 24.4. The van der Waals surface area contributed by atoms with E-state index in [1.165, 1.54) is 24.6 Å². The first-order valence-corrected chi connectivity index (χ1v) is 9.06. The summed E-state index contributed by atoms with van der Waals surface area (Å²) in [5, 5.41) is 0. The maximum Gasteiger partial charge on any atom is 0.332 e. The molecule has 2 aromatic heterocycles. The Balaban J connectivity index is 1.80. The Morgan fingerprint density at radius 1 is 1.29 bits per heavy atom. The van der Waals surface area contributed by atoms with Crippen molar-refractivity contribution in [2.45, 2.75) is 58.3 Å². The molecule has 1 saturated carbocycles. The average Bonchev–Trinajstić information content (AvgIpc) is 3.29. The monoisotopic (exact) mass is 391 g/mol. The highest BCUT2D eigenvalue weighted by atomic mass is 16.7. The second-order valence-corrected chi connectivity index (χ2v) is 7.09. The predicted molar refractivity (Wildman–Crippen MR) is 94.8 cm³/mol. The number of hydrogen-bond donors (Lipinski definition) is 1. The van der Waals surface area contributed by atoms with E-state index in [4.69, 9.17) is 19.9 Å². The number of fused-ring (bicyclic) bond motifs is 1. The number of nitrogens with two attached hydrogens (primary N) is 1. The molecule has 1 aliphatic carbocycles. The SMILES string of the molecule is CC(=O)O[C@H]1C[C@@H](OC(C)=O)[C@H](n2c(=O)n(CC3CC3)c3cnc(N)nc32)O1. The molecule has 0 bridgehead atoms. The zero-order valence-corrected chi connectivity index (χ0v) is 15.5. The van der Waals surface area contributed by atoms with E-state index in [1.807, 2.05) is 0 Å². The van der Waals surface area contributed by atoms with Gasteiger partial charge in [0.25, 0.3) is 0 Å². The fraction of sp³-hybridized carbons (Fsp3) is 0.588. The summed E-state index contributed by atoms with van der Waals surface area (Å²) in [7, 11) is 0. The Kier molecular flexibility index (Phi) is 4.53. The number of ether oxygens (including phenoxy) is 3. The third-order valence-corrected chi connectivity index (χ3v) is 4.77. The van der Waals surface area contributed by atoms with Gasteiger partial charge in [-0.15, -0.1) is 0 Å². The Morgan fingerprint density at radius 3 is 2.64 bits per heavy atom. The molecule has 3 atom stereocenters. The third-order valence-electron chi connectivity index (χ3n) is 4.77. The van der Waals surface area contributed by atoms with Gasteiger partial charge in [0, 0.05) is 20.4 Å². The van der Waals surface area contributed by atoms with Crippen molar-refractivity contribution in [2.24, 2.45) is 5.92 Å². The van der Waals surface area contributed by atoms with Crippen molar-refractivity contribution >= 4 is 29.1 Å². The van der Waals surface area contributed by atoms with Crippen LogP contribution in [0, 0.1) is 5.92 Å². The molecule has 11 heteroatoms. The van der Waals surface area contributed by atoms with Crippen LogP contribution in [0.1, 0.15) is 39.3 Å². The van der Waals surface area contributed by atoms with E-state index in [9.17, 15) is 14.4 Å². The van der Waals surface area contributed by atoms with E-state index in [0.717, 1.165) is 12.8 Å². The van der Waals surface area contributed by atoms with Crippen molar-refractivity contribution in [2.75, 3.05) is 5.73 Å². The van der Waals surface area contributed by atoms with Crippen molar-refractivity contribution in [1.82, 2.24) is 19.1 Å². The van der Waals surface area contributed by atoms with Crippen LogP contribution in [0.15, 0.2) is 11.0 Å². The Bertz CT molecular complexity index is 994. The summed E-state index contributed by atoms with van der Waals surface area (Å²) in [5.41, 5.74) is 6.16. The molecule has 28 heavy (non-hydrogen) atoms. The fourth-order valence-corrected chi connectivity index (χ4v) is 3.45. The van der Waals surface area contributed by atoms with E-state index in [0.29, 0.717) is 18.0 Å². The van der Waals surface area contributed by atoms with E-state index in [1.54, 1.807) is 4.57 Å². The number of carbonyl (C=O) groups is 2. The smallest absolute Gasteiger partial charge is 0.332 e. The van der Waals surface area contributed by atoms with Crippen molar-refractivity contribution in [1.29, 1.82) is 0 Å². The quantitative estimate of drug-likeness (QED) is 0.713. The van der Waals surface area contributed by atoms with Crippen LogP contribution in [0.4, 0.5) is 5.95 Å². The zero-order chi connectivity index (χ0) is 20.0. The number of aromatic nitrogens is 4. The highest BCUT2D eigenvalue weighted by molar-refractivity contribution is 5.72. The molecule has 0 amide bonds. The van der Waals surface area contributed by atoms with Gasteiger partial charge >= 0.3 is 17.6 Å². The molecule has 1 saturated heterocycles. The number of nitrogen functional groups attached to an aromatic ring is 1. The number of hydrogen-bond acceptors (Lipinski definition) is 9. The maximum absolute atomic E-state index is 13.2. The number of carbonyl (C=O) groups excluding carboxylic acids is 2. The summed E-state index contributed by atoms with van der Waals surface area (Å²) < 4.78 is 19.1. The lowest BCUT2D eigenvalue weighted by molar-refractivity contribution is -0.181. The molecule has 11 nitrogen and oxygen atoms in total. The van der Waals surface area contributed by atoms with Crippen LogP contribution in [0.5, 0.6) is 0 Å². The van der Waals surface area contributed by atoms with E-state index in [2.05, 4.69) is 9.97 Å². The van der Waals surface area contributed by atoms with Crippen LogP contribution < -0.4 is 11.4 Å². The van der Waals surface area contributed by atoms with Crippen LogP contribution in [-0.2, 0) is 30.3 Å². The van der Waals surface area contributed by atoms with Gasteiger partial charge in [0.05, 0.1) is 12.6 Å². The minimum absolute atomic E-state index is 0.00314. The summed E-state index contributed by atoms with van der Waals surface area (Å²) in [6, 6.07) is 0. The van der Waals surface area contributed by atoms with E-state index >= 15 is 0 Å².